The summed E-state index contributed by atoms with van der Waals surface area (Å²) >= 11 is 6.06. The van der Waals surface area contributed by atoms with Gasteiger partial charge in [0.2, 0.25) is 0 Å². The van der Waals surface area contributed by atoms with E-state index in [0.717, 1.165) is 18.4 Å². The number of fused-ring (bicyclic) bond motifs is 1. The van der Waals surface area contributed by atoms with Gasteiger partial charge in [0, 0.05) is 30.7 Å². The number of aliphatic hydroxyl groups excluding tert-OH is 1. The second-order valence-corrected chi connectivity index (χ2v) is 7.11. The number of nitrogens with zero attached hydrogens (tertiary/aromatic N) is 3. The summed E-state index contributed by atoms with van der Waals surface area (Å²) in [6.45, 7) is 3.40. The average molecular weight is 391 g/mol. The molecule has 1 aromatic carbocycles. The summed E-state index contributed by atoms with van der Waals surface area (Å²) in [7, 11) is 0. The summed E-state index contributed by atoms with van der Waals surface area (Å²) in [5.41, 5.74) is 1.42. The van der Waals surface area contributed by atoms with Crippen LogP contribution in [0.1, 0.15) is 46.3 Å². The topological polar surface area (TPSA) is 87.5 Å². The van der Waals surface area contributed by atoms with Crippen LogP contribution < -0.4 is 5.32 Å². The first-order valence-corrected chi connectivity index (χ1v) is 9.43. The standard InChI is InChI=1S/C19H23ClN4O3/c1-2-3-7-23(11-13-5-4-6-14(20)8-13)19(27)16-9-17-18(26)21-10-15(25)12-24(17)22-16/h4-6,8-9,15,25H,2-3,7,10-12H2,1H3,(H,21,26)/t15-/m1/s1. The number of benzene rings is 1. The van der Waals surface area contributed by atoms with E-state index in [4.69, 9.17) is 11.6 Å². The van der Waals surface area contributed by atoms with E-state index in [1.54, 1.807) is 11.0 Å². The summed E-state index contributed by atoms with van der Waals surface area (Å²) in [6, 6.07) is 8.89. The van der Waals surface area contributed by atoms with Crippen LogP contribution in [0.5, 0.6) is 0 Å². The fraction of sp³-hybridized carbons (Fsp3) is 0.421. The molecule has 0 fully saturated rings. The van der Waals surface area contributed by atoms with Gasteiger partial charge in [-0.25, -0.2) is 0 Å². The Morgan fingerprint density at radius 3 is 3.00 bits per heavy atom. The van der Waals surface area contributed by atoms with Crippen molar-refractivity contribution in [1.82, 2.24) is 20.0 Å². The molecule has 144 valence electrons. The number of β-amino-alcohol motifs (C(OH)–C–C–N with tert-alkyl or cyclic N) is 1. The summed E-state index contributed by atoms with van der Waals surface area (Å²) in [4.78, 5) is 26.9. The molecule has 0 aliphatic carbocycles. The number of carbonyl (C=O) groups excluding carboxylic acids is 2. The Morgan fingerprint density at radius 1 is 1.44 bits per heavy atom. The maximum absolute atomic E-state index is 13.1. The van der Waals surface area contributed by atoms with Crippen LogP contribution in [0, 0.1) is 0 Å². The number of rotatable bonds is 6. The number of aromatic nitrogens is 2. The van der Waals surface area contributed by atoms with Crippen molar-refractivity contribution in [1.29, 1.82) is 0 Å². The molecule has 2 amide bonds. The van der Waals surface area contributed by atoms with Crippen LogP contribution in [0.15, 0.2) is 30.3 Å². The molecule has 2 aromatic rings. The minimum atomic E-state index is -0.735. The van der Waals surface area contributed by atoms with E-state index < -0.39 is 6.10 Å². The third kappa shape index (κ3) is 4.67. The SMILES string of the molecule is CCCCN(Cc1cccc(Cl)c1)C(=O)c1cc2n(n1)C[C@H](O)CNC2=O. The van der Waals surface area contributed by atoms with Crippen molar-refractivity contribution >= 4 is 23.4 Å². The number of unbranched alkanes of at least 4 members (excludes halogenated alkanes) is 1. The molecule has 1 aromatic heterocycles. The zero-order valence-electron chi connectivity index (χ0n) is 15.2. The monoisotopic (exact) mass is 390 g/mol. The number of amides is 2. The molecule has 27 heavy (non-hydrogen) atoms. The highest BCUT2D eigenvalue weighted by molar-refractivity contribution is 6.30. The molecule has 7 nitrogen and oxygen atoms in total. The van der Waals surface area contributed by atoms with Gasteiger partial charge in [0.15, 0.2) is 5.69 Å². The van der Waals surface area contributed by atoms with Gasteiger partial charge in [-0.2, -0.15) is 5.10 Å². The third-order valence-corrected chi connectivity index (χ3v) is 4.68. The Bertz CT molecular complexity index is 836. The van der Waals surface area contributed by atoms with Crippen LogP contribution in [-0.2, 0) is 13.1 Å². The van der Waals surface area contributed by atoms with E-state index >= 15 is 0 Å². The first kappa shape index (κ1) is 19.4. The predicted molar refractivity (Wildman–Crippen MR) is 102 cm³/mol. The molecule has 8 heteroatoms. The Morgan fingerprint density at radius 2 is 2.26 bits per heavy atom. The molecule has 0 spiro atoms. The number of carbonyl (C=O) groups is 2. The minimum Gasteiger partial charge on any atom is -0.389 e. The maximum atomic E-state index is 13.1. The Balaban J connectivity index is 1.84. The molecular formula is C19H23ClN4O3. The van der Waals surface area contributed by atoms with Crippen molar-refractivity contribution in [2.45, 2.75) is 39.0 Å². The molecule has 2 heterocycles. The number of hydrogen-bond acceptors (Lipinski definition) is 4. The van der Waals surface area contributed by atoms with Crippen LogP contribution >= 0.6 is 11.6 Å². The predicted octanol–water partition coefficient (Wildman–Crippen LogP) is 2.08. The molecule has 0 saturated carbocycles. The highest BCUT2D eigenvalue weighted by Crippen LogP contribution is 2.16. The molecule has 3 rings (SSSR count). The van der Waals surface area contributed by atoms with Crippen molar-refractivity contribution < 1.29 is 14.7 Å². The van der Waals surface area contributed by atoms with Crippen LogP contribution in [-0.4, -0.2) is 50.8 Å². The Labute approximate surface area is 162 Å². The van der Waals surface area contributed by atoms with Crippen molar-refractivity contribution in [2.75, 3.05) is 13.1 Å². The van der Waals surface area contributed by atoms with E-state index in [9.17, 15) is 14.7 Å². The van der Waals surface area contributed by atoms with Gasteiger partial charge < -0.3 is 15.3 Å². The third-order valence-electron chi connectivity index (χ3n) is 4.44. The second kappa shape index (κ2) is 8.54. The van der Waals surface area contributed by atoms with Gasteiger partial charge in [0.25, 0.3) is 11.8 Å². The number of halogens is 1. The van der Waals surface area contributed by atoms with Gasteiger partial charge in [0.05, 0.1) is 12.6 Å². The molecule has 0 unspecified atom stereocenters. The summed E-state index contributed by atoms with van der Waals surface area (Å²) in [5.74, 6) is -0.584. The van der Waals surface area contributed by atoms with E-state index in [0.29, 0.717) is 18.1 Å². The van der Waals surface area contributed by atoms with E-state index in [1.807, 2.05) is 18.2 Å². The van der Waals surface area contributed by atoms with Crippen LogP contribution in [0.3, 0.4) is 0 Å². The Kier molecular flexibility index (Phi) is 6.13. The molecule has 0 bridgehead atoms. The van der Waals surface area contributed by atoms with Gasteiger partial charge in [-0.05, 0) is 24.1 Å². The lowest BCUT2D eigenvalue weighted by Crippen LogP contribution is -2.32. The van der Waals surface area contributed by atoms with Crippen molar-refractivity contribution in [3.8, 4) is 0 Å². The quantitative estimate of drug-likeness (QED) is 0.790. The highest BCUT2D eigenvalue weighted by atomic mass is 35.5. The summed E-state index contributed by atoms with van der Waals surface area (Å²) < 4.78 is 1.40. The normalized spacial score (nSPS) is 16.4. The van der Waals surface area contributed by atoms with Gasteiger partial charge in [-0.15, -0.1) is 0 Å². The van der Waals surface area contributed by atoms with Gasteiger partial charge >= 0.3 is 0 Å². The van der Waals surface area contributed by atoms with E-state index in [-0.39, 0.29) is 36.3 Å². The van der Waals surface area contributed by atoms with Crippen LogP contribution in [0.4, 0.5) is 0 Å². The first-order valence-electron chi connectivity index (χ1n) is 9.05. The lowest BCUT2D eigenvalue weighted by Gasteiger charge is -2.22. The first-order chi connectivity index (χ1) is 13.0. The lowest BCUT2D eigenvalue weighted by atomic mass is 10.2. The number of nitrogens with one attached hydrogen (secondary N) is 1. The fourth-order valence-electron chi connectivity index (χ4n) is 3.03. The fourth-order valence-corrected chi connectivity index (χ4v) is 3.24. The molecule has 1 atom stereocenters. The van der Waals surface area contributed by atoms with Crippen LogP contribution in [0.2, 0.25) is 5.02 Å². The molecule has 0 saturated heterocycles. The second-order valence-electron chi connectivity index (χ2n) is 6.67. The minimum absolute atomic E-state index is 0.170. The summed E-state index contributed by atoms with van der Waals surface area (Å²) in [6.07, 6.45) is 1.08. The zero-order chi connectivity index (χ0) is 19.4. The zero-order valence-corrected chi connectivity index (χ0v) is 15.9. The lowest BCUT2D eigenvalue weighted by molar-refractivity contribution is 0.0732. The molecular weight excluding hydrogens is 368 g/mol. The molecule has 2 N–H and O–H groups in total. The van der Waals surface area contributed by atoms with E-state index in [1.165, 1.54) is 10.7 Å². The molecule has 1 aliphatic rings. The van der Waals surface area contributed by atoms with Gasteiger partial charge in [-0.3, -0.25) is 14.3 Å². The maximum Gasteiger partial charge on any atom is 0.274 e. The van der Waals surface area contributed by atoms with Crippen molar-refractivity contribution in [3.05, 3.63) is 52.3 Å². The average Bonchev–Trinajstić information content (AvgIpc) is 3.01. The summed E-state index contributed by atoms with van der Waals surface area (Å²) in [5, 5.41) is 17.4. The van der Waals surface area contributed by atoms with Gasteiger partial charge in [-0.1, -0.05) is 37.1 Å². The highest BCUT2D eigenvalue weighted by Gasteiger charge is 2.26. The van der Waals surface area contributed by atoms with Crippen molar-refractivity contribution in [3.63, 3.8) is 0 Å². The molecule has 1 aliphatic heterocycles. The molecule has 0 radical (unpaired) electrons. The van der Waals surface area contributed by atoms with Crippen LogP contribution in [0.25, 0.3) is 0 Å². The van der Waals surface area contributed by atoms with Gasteiger partial charge in [0.1, 0.15) is 5.69 Å². The van der Waals surface area contributed by atoms with E-state index in [2.05, 4.69) is 17.3 Å². The largest absolute Gasteiger partial charge is 0.389 e. The number of aliphatic hydroxyl groups is 1. The smallest absolute Gasteiger partial charge is 0.274 e. The Hall–Kier alpha value is -2.38. The number of hydrogen-bond donors (Lipinski definition) is 2. The van der Waals surface area contributed by atoms with Crippen molar-refractivity contribution in [2.24, 2.45) is 0 Å².